The fraction of sp³-hybridized carbons (Fsp3) is 0.333. The summed E-state index contributed by atoms with van der Waals surface area (Å²) in [6, 6.07) is 4.37. The molecule has 0 nitrogen and oxygen atoms in total. The Balaban J connectivity index is 3.16. The molecule has 3 heteroatoms. The van der Waals surface area contributed by atoms with Crippen LogP contribution in [0.3, 0.4) is 0 Å². The van der Waals surface area contributed by atoms with E-state index in [-0.39, 0.29) is 0 Å². The predicted molar refractivity (Wildman–Crippen MR) is 64.1 cm³/mol. The van der Waals surface area contributed by atoms with Gasteiger partial charge >= 0.3 is 0 Å². The maximum Gasteiger partial charge on any atom is 0.0294 e. The van der Waals surface area contributed by atoms with Gasteiger partial charge in [0.2, 0.25) is 0 Å². The minimum absolute atomic E-state index is 0.900. The van der Waals surface area contributed by atoms with Crippen LogP contribution in [0.1, 0.15) is 16.7 Å². The van der Waals surface area contributed by atoms with E-state index in [1.54, 1.807) is 0 Å². The highest BCUT2D eigenvalue weighted by Crippen LogP contribution is 2.24. The van der Waals surface area contributed by atoms with Crippen LogP contribution in [0.5, 0.6) is 0 Å². The van der Waals surface area contributed by atoms with Gasteiger partial charge in [-0.15, -0.1) is 0 Å². The van der Waals surface area contributed by atoms with Gasteiger partial charge in [-0.1, -0.05) is 53.9 Å². The third-order valence-corrected chi connectivity index (χ3v) is 3.74. The standard InChI is InChI=1S/C9H9Br3/c1-6-2-8(5-11)9(12)3-7(6)4-10/h2-3H,4-5H2,1H3. The average molecular weight is 357 g/mol. The lowest BCUT2D eigenvalue weighted by molar-refractivity contribution is 1.26. The monoisotopic (exact) mass is 354 g/mol. The molecule has 0 atom stereocenters. The highest BCUT2D eigenvalue weighted by molar-refractivity contribution is 9.10. The molecule has 1 aromatic carbocycles. The van der Waals surface area contributed by atoms with Crippen molar-refractivity contribution < 1.29 is 0 Å². The van der Waals surface area contributed by atoms with Crippen LogP contribution < -0.4 is 0 Å². The molecule has 0 fully saturated rings. The number of halogens is 3. The van der Waals surface area contributed by atoms with E-state index in [1.807, 2.05) is 0 Å². The fourth-order valence-electron chi connectivity index (χ4n) is 1.03. The third kappa shape index (κ3) is 2.33. The second kappa shape index (κ2) is 4.77. The van der Waals surface area contributed by atoms with Crippen LogP contribution in [0.15, 0.2) is 16.6 Å². The van der Waals surface area contributed by atoms with E-state index >= 15 is 0 Å². The Morgan fingerprint density at radius 2 is 1.67 bits per heavy atom. The van der Waals surface area contributed by atoms with Gasteiger partial charge in [0, 0.05) is 15.1 Å². The summed E-state index contributed by atoms with van der Waals surface area (Å²) >= 11 is 10.4. The van der Waals surface area contributed by atoms with Crippen molar-refractivity contribution in [2.75, 3.05) is 0 Å². The molecule has 66 valence electrons. The number of alkyl halides is 2. The molecule has 1 rings (SSSR count). The van der Waals surface area contributed by atoms with Gasteiger partial charge in [0.25, 0.3) is 0 Å². The van der Waals surface area contributed by atoms with Crippen molar-refractivity contribution in [1.82, 2.24) is 0 Å². The van der Waals surface area contributed by atoms with Crippen LogP contribution in [-0.4, -0.2) is 0 Å². The van der Waals surface area contributed by atoms with Crippen molar-refractivity contribution in [3.05, 3.63) is 33.3 Å². The molecule has 0 unspecified atom stereocenters. The van der Waals surface area contributed by atoms with Gasteiger partial charge in [-0.3, -0.25) is 0 Å². The van der Waals surface area contributed by atoms with E-state index in [1.165, 1.54) is 21.2 Å². The highest BCUT2D eigenvalue weighted by atomic mass is 79.9. The summed E-state index contributed by atoms with van der Waals surface area (Å²) in [4.78, 5) is 0. The van der Waals surface area contributed by atoms with E-state index in [9.17, 15) is 0 Å². The van der Waals surface area contributed by atoms with Crippen LogP contribution >= 0.6 is 47.8 Å². The second-order valence-corrected chi connectivity index (χ2v) is 4.61. The van der Waals surface area contributed by atoms with Crippen LogP contribution in [0, 0.1) is 6.92 Å². The average Bonchev–Trinajstić information content (AvgIpc) is 2.08. The van der Waals surface area contributed by atoms with Gasteiger partial charge in [0.05, 0.1) is 0 Å². The third-order valence-electron chi connectivity index (χ3n) is 1.79. The zero-order chi connectivity index (χ0) is 9.14. The predicted octanol–water partition coefficient (Wildman–Crippen LogP) is 4.55. The Hall–Kier alpha value is 0.660. The van der Waals surface area contributed by atoms with Crippen molar-refractivity contribution >= 4 is 47.8 Å². The normalized spacial score (nSPS) is 10.3. The molecule has 0 aromatic heterocycles. The SMILES string of the molecule is Cc1cc(CBr)c(Br)cc1CBr. The van der Waals surface area contributed by atoms with Gasteiger partial charge in [0.15, 0.2) is 0 Å². The number of hydrogen-bond acceptors (Lipinski definition) is 0. The van der Waals surface area contributed by atoms with Gasteiger partial charge in [-0.05, 0) is 29.7 Å². The van der Waals surface area contributed by atoms with E-state index in [2.05, 4.69) is 66.8 Å². The minimum atomic E-state index is 0.900. The van der Waals surface area contributed by atoms with Crippen molar-refractivity contribution in [2.45, 2.75) is 17.6 Å². The number of aryl methyl sites for hydroxylation is 1. The van der Waals surface area contributed by atoms with Crippen LogP contribution in [0.25, 0.3) is 0 Å². The first-order chi connectivity index (χ1) is 5.69. The topological polar surface area (TPSA) is 0 Å². The van der Waals surface area contributed by atoms with Crippen LogP contribution in [0.4, 0.5) is 0 Å². The molecule has 0 amide bonds. The van der Waals surface area contributed by atoms with Crippen molar-refractivity contribution in [3.8, 4) is 0 Å². The molecule has 0 saturated heterocycles. The molecule has 0 aliphatic carbocycles. The molecule has 0 radical (unpaired) electrons. The number of hydrogen-bond donors (Lipinski definition) is 0. The smallest absolute Gasteiger partial charge is 0.0294 e. The summed E-state index contributed by atoms with van der Waals surface area (Å²) in [5.41, 5.74) is 3.98. The van der Waals surface area contributed by atoms with Crippen LogP contribution in [0.2, 0.25) is 0 Å². The number of benzene rings is 1. The molecule has 0 heterocycles. The number of rotatable bonds is 2. The lowest BCUT2D eigenvalue weighted by atomic mass is 10.1. The van der Waals surface area contributed by atoms with Gasteiger partial charge in [-0.25, -0.2) is 0 Å². The summed E-state index contributed by atoms with van der Waals surface area (Å²) in [5, 5.41) is 1.82. The van der Waals surface area contributed by atoms with Gasteiger partial charge < -0.3 is 0 Å². The van der Waals surface area contributed by atoms with E-state index in [0.29, 0.717) is 0 Å². The molecule has 0 bridgehead atoms. The fourth-order valence-corrected chi connectivity index (χ4v) is 3.00. The first-order valence-corrected chi connectivity index (χ1v) is 6.62. The molecule has 0 spiro atoms. The lowest BCUT2D eigenvalue weighted by Gasteiger charge is -2.06. The maximum atomic E-state index is 3.53. The zero-order valence-electron chi connectivity index (χ0n) is 6.70. The summed E-state index contributed by atoms with van der Waals surface area (Å²) in [5.74, 6) is 0. The highest BCUT2D eigenvalue weighted by Gasteiger charge is 2.03. The largest absolute Gasteiger partial charge is 0.0876 e. The second-order valence-electron chi connectivity index (χ2n) is 2.64. The quantitative estimate of drug-likeness (QED) is 0.682. The summed E-state index contributed by atoms with van der Waals surface area (Å²) in [6.07, 6.45) is 0. The van der Waals surface area contributed by atoms with Crippen molar-refractivity contribution in [3.63, 3.8) is 0 Å². The van der Waals surface area contributed by atoms with E-state index < -0.39 is 0 Å². The van der Waals surface area contributed by atoms with E-state index in [4.69, 9.17) is 0 Å². The molecule has 0 N–H and O–H groups in total. The first kappa shape index (κ1) is 10.7. The van der Waals surface area contributed by atoms with Gasteiger partial charge in [0.1, 0.15) is 0 Å². The Morgan fingerprint density at radius 3 is 2.17 bits per heavy atom. The molecule has 0 aliphatic rings. The van der Waals surface area contributed by atoms with Crippen molar-refractivity contribution in [2.24, 2.45) is 0 Å². The molecule has 12 heavy (non-hydrogen) atoms. The van der Waals surface area contributed by atoms with Crippen molar-refractivity contribution in [1.29, 1.82) is 0 Å². The molecule has 0 saturated carbocycles. The Labute approximate surface area is 98.1 Å². The van der Waals surface area contributed by atoms with E-state index in [0.717, 1.165) is 10.7 Å². The molecule has 0 aliphatic heterocycles. The Bertz CT molecular complexity index is 252. The Morgan fingerprint density at radius 1 is 1.08 bits per heavy atom. The Kier molecular flexibility index (Phi) is 4.27. The molecule has 1 aromatic rings. The lowest BCUT2D eigenvalue weighted by Crippen LogP contribution is -1.89. The molecular formula is C9H9Br3. The summed E-state index contributed by atoms with van der Waals surface area (Å²) < 4.78 is 1.18. The minimum Gasteiger partial charge on any atom is -0.0876 e. The first-order valence-electron chi connectivity index (χ1n) is 3.59. The van der Waals surface area contributed by atoms with Crippen LogP contribution in [-0.2, 0) is 10.7 Å². The zero-order valence-corrected chi connectivity index (χ0v) is 11.5. The van der Waals surface area contributed by atoms with Gasteiger partial charge in [-0.2, -0.15) is 0 Å². The molecular weight excluding hydrogens is 348 g/mol. The maximum absolute atomic E-state index is 3.53. The summed E-state index contributed by atoms with van der Waals surface area (Å²) in [7, 11) is 0. The summed E-state index contributed by atoms with van der Waals surface area (Å²) in [6.45, 7) is 2.13.